The van der Waals surface area contributed by atoms with E-state index in [9.17, 15) is 0 Å². The summed E-state index contributed by atoms with van der Waals surface area (Å²) in [5.41, 5.74) is 3.06. The fraction of sp³-hybridized carbons (Fsp3) is 0.667. The van der Waals surface area contributed by atoms with Gasteiger partial charge >= 0.3 is 0 Å². The lowest BCUT2D eigenvalue weighted by Crippen LogP contribution is -2.50. The molecule has 1 aliphatic carbocycles. The van der Waals surface area contributed by atoms with Crippen molar-refractivity contribution in [3.8, 4) is 0 Å². The summed E-state index contributed by atoms with van der Waals surface area (Å²) in [5.74, 6) is 0. The molecule has 1 fully saturated rings. The van der Waals surface area contributed by atoms with E-state index >= 15 is 0 Å². The first-order chi connectivity index (χ1) is 10.2. The minimum absolute atomic E-state index is 0.346. The molecular formula is C18H28N2O. The number of ether oxygens (including phenoxy) is 1. The highest BCUT2D eigenvalue weighted by Gasteiger charge is 2.24. The third-order valence-corrected chi connectivity index (χ3v) is 4.88. The molecule has 0 amide bonds. The fourth-order valence-electron chi connectivity index (χ4n) is 3.50. The van der Waals surface area contributed by atoms with Gasteiger partial charge in [0, 0.05) is 31.7 Å². The number of benzene rings is 1. The number of nitrogens with zero attached hydrogens (tertiary/aromatic N) is 1. The highest BCUT2D eigenvalue weighted by atomic mass is 16.5. The quantitative estimate of drug-likeness (QED) is 0.919. The van der Waals surface area contributed by atoms with Crippen LogP contribution in [0, 0.1) is 0 Å². The van der Waals surface area contributed by atoms with Crippen molar-refractivity contribution in [2.24, 2.45) is 0 Å². The van der Waals surface area contributed by atoms with Gasteiger partial charge in [-0.1, -0.05) is 24.3 Å². The molecule has 1 heterocycles. The number of aryl methyl sites for hydroxylation is 1. The van der Waals surface area contributed by atoms with Crippen LogP contribution >= 0.6 is 0 Å². The molecule has 3 rings (SSSR count). The van der Waals surface area contributed by atoms with E-state index in [0.717, 1.165) is 32.7 Å². The van der Waals surface area contributed by atoms with Gasteiger partial charge in [-0.05, 0) is 44.2 Å². The Labute approximate surface area is 128 Å². The van der Waals surface area contributed by atoms with Gasteiger partial charge in [-0.3, -0.25) is 4.90 Å². The molecule has 2 unspecified atom stereocenters. The molecule has 2 aliphatic rings. The van der Waals surface area contributed by atoms with E-state index in [4.69, 9.17) is 4.74 Å². The van der Waals surface area contributed by atoms with Crippen LogP contribution in [-0.4, -0.2) is 49.3 Å². The van der Waals surface area contributed by atoms with E-state index in [1.165, 1.54) is 24.0 Å². The summed E-state index contributed by atoms with van der Waals surface area (Å²) < 4.78 is 5.91. The Morgan fingerprint density at radius 3 is 2.90 bits per heavy atom. The van der Waals surface area contributed by atoms with E-state index < -0.39 is 0 Å². The molecular weight excluding hydrogens is 260 g/mol. The molecule has 1 N–H and O–H groups in total. The molecule has 116 valence electrons. The van der Waals surface area contributed by atoms with Gasteiger partial charge in [0.05, 0.1) is 12.7 Å². The molecule has 2 atom stereocenters. The van der Waals surface area contributed by atoms with Crippen LogP contribution in [0.25, 0.3) is 0 Å². The molecule has 0 spiro atoms. The van der Waals surface area contributed by atoms with Crippen molar-refractivity contribution in [1.29, 1.82) is 0 Å². The van der Waals surface area contributed by atoms with Crippen LogP contribution in [0.3, 0.4) is 0 Å². The van der Waals surface area contributed by atoms with Gasteiger partial charge in [-0.25, -0.2) is 0 Å². The van der Waals surface area contributed by atoms with E-state index in [1.807, 2.05) is 0 Å². The molecule has 0 aromatic heterocycles. The van der Waals surface area contributed by atoms with Crippen molar-refractivity contribution >= 4 is 0 Å². The minimum Gasteiger partial charge on any atom is -0.374 e. The Balaban J connectivity index is 1.48. The Morgan fingerprint density at radius 1 is 1.29 bits per heavy atom. The first-order valence-corrected chi connectivity index (χ1v) is 8.38. The minimum atomic E-state index is 0.346. The molecule has 0 bridgehead atoms. The topological polar surface area (TPSA) is 24.5 Å². The van der Waals surface area contributed by atoms with Crippen LogP contribution in [0.15, 0.2) is 24.3 Å². The third-order valence-electron chi connectivity index (χ3n) is 4.88. The largest absolute Gasteiger partial charge is 0.374 e. The molecule has 0 saturated carbocycles. The first-order valence-electron chi connectivity index (χ1n) is 8.38. The maximum atomic E-state index is 5.91. The molecule has 1 aliphatic heterocycles. The third kappa shape index (κ3) is 3.85. The molecule has 0 radical (unpaired) electrons. The molecule has 1 aromatic carbocycles. The number of fused-ring (bicyclic) bond motifs is 1. The van der Waals surface area contributed by atoms with Gasteiger partial charge in [0.15, 0.2) is 0 Å². The second kappa shape index (κ2) is 6.91. The van der Waals surface area contributed by atoms with Crippen LogP contribution in [0.2, 0.25) is 0 Å². The van der Waals surface area contributed by atoms with Gasteiger partial charge in [0.2, 0.25) is 0 Å². The number of rotatable bonds is 4. The zero-order valence-electron chi connectivity index (χ0n) is 13.3. The molecule has 3 heteroatoms. The summed E-state index contributed by atoms with van der Waals surface area (Å²) in [4.78, 5) is 2.52. The highest BCUT2D eigenvalue weighted by molar-refractivity contribution is 5.30. The lowest BCUT2D eigenvalue weighted by atomic mass is 9.88. The van der Waals surface area contributed by atoms with E-state index in [1.54, 1.807) is 0 Å². The maximum Gasteiger partial charge on any atom is 0.0826 e. The van der Waals surface area contributed by atoms with Crippen LogP contribution in [0.1, 0.15) is 31.4 Å². The number of hydrogen-bond acceptors (Lipinski definition) is 3. The molecule has 3 nitrogen and oxygen atoms in total. The lowest BCUT2D eigenvalue weighted by Gasteiger charge is -2.36. The Bertz CT molecular complexity index is 460. The zero-order valence-corrected chi connectivity index (χ0v) is 13.3. The van der Waals surface area contributed by atoms with Crippen molar-refractivity contribution in [1.82, 2.24) is 10.2 Å². The standard InChI is InChI=1S/C18H28N2O/c1-14(2)20-9-10-21-18(13-20)12-19-17-8-7-15-5-3-4-6-16(15)11-17/h3-6,14,17-19H,7-13H2,1-2H3. The molecule has 1 saturated heterocycles. The normalized spacial score (nSPS) is 26.8. The fourth-order valence-corrected chi connectivity index (χ4v) is 3.50. The van der Waals surface area contributed by atoms with Gasteiger partial charge in [0.25, 0.3) is 0 Å². The summed E-state index contributed by atoms with van der Waals surface area (Å²) in [6.07, 6.45) is 3.96. The predicted molar refractivity (Wildman–Crippen MR) is 86.7 cm³/mol. The Hall–Kier alpha value is -0.900. The number of morpholine rings is 1. The summed E-state index contributed by atoms with van der Waals surface area (Å²) in [7, 11) is 0. The van der Waals surface area contributed by atoms with Crippen LogP contribution in [0.4, 0.5) is 0 Å². The molecule has 1 aromatic rings. The van der Waals surface area contributed by atoms with Crippen molar-refractivity contribution in [2.75, 3.05) is 26.2 Å². The van der Waals surface area contributed by atoms with E-state index in [-0.39, 0.29) is 0 Å². The van der Waals surface area contributed by atoms with E-state index in [2.05, 4.69) is 48.3 Å². The Kier molecular flexibility index (Phi) is 4.94. The van der Waals surface area contributed by atoms with Gasteiger partial charge in [0.1, 0.15) is 0 Å². The second-order valence-corrected chi connectivity index (χ2v) is 6.70. The van der Waals surface area contributed by atoms with Gasteiger partial charge in [-0.15, -0.1) is 0 Å². The maximum absolute atomic E-state index is 5.91. The SMILES string of the molecule is CC(C)N1CCOC(CNC2CCc3ccccc3C2)C1. The van der Waals surface area contributed by atoms with Gasteiger partial charge in [-0.2, -0.15) is 0 Å². The predicted octanol–water partition coefficient (Wildman–Crippen LogP) is 2.24. The Morgan fingerprint density at radius 2 is 2.10 bits per heavy atom. The first kappa shape index (κ1) is 15.0. The van der Waals surface area contributed by atoms with E-state index in [0.29, 0.717) is 18.2 Å². The van der Waals surface area contributed by atoms with Crippen molar-refractivity contribution in [3.63, 3.8) is 0 Å². The van der Waals surface area contributed by atoms with Crippen LogP contribution in [0.5, 0.6) is 0 Å². The number of hydrogen-bond donors (Lipinski definition) is 1. The van der Waals surface area contributed by atoms with Gasteiger partial charge < -0.3 is 10.1 Å². The summed E-state index contributed by atoms with van der Waals surface area (Å²) in [6, 6.07) is 10.1. The average molecular weight is 288 g/mol. The highest BCUT2D eigenvalue weighted by Crippen LogP contribution is 2.21. The summed E-state index contributed by atoms with van der Waals surface area (Å²) >= 11 is 0. The molecule has 21 heavy (non-hydrogen) atoms. The monoisotopic (exact) mass is 288 g/mol. The van der Waals surface area contributed by atoms with Crippen molar-refractivity contribution in [2.45, 2.75) is 51.3 Å². The lowest BCUT2D eigenvalue weighted by molar-refractivity contribution is -0.0382. The van der Waals surface area contributed by atoms with Crippen LogP contribution in [-0.2, 0) is 17.6 Å². The summed E-state index contributed by atoms with van der Waals surface area (Å²) in [5, 5.41) is 3.74. The zero-order chi connectivity index (χ0) is 14.7. The average Bonchev–Trinajstić information content (AvgIpc) is 2.53. The smallest absolute Gasteiger partial charge is 0.0826 e. The van der Waals surface area contributed by atoms with Crippen molar-refractivity contribution < 1.29 is 4.74 Å². The van der Waals surface area contributed by atoms with Crippen molar-refractivity contribution in [3.05, 3.63) is 35.4 Å². The van der Waals surface area contributed by atoms with Crippen LogP contribution < -0.4 is 5.32 Å². The second-order valence-electron chi connectivity index (χ2n) is 6.70. The summed E-state index contributed by atoms with van der Waals surface area (Å²) in [6.45, 7) is 8.54. The number of nitrogens with one attached hydrogen (secondary N) is 1.